The lowest BCUT2D eigenvalue weighted by molar-refractivity contribution is -0.122. The minimum Gasteiger partial charge on any atom is -0.497 e. The first-order valence-corrected chi connectivity index (χ1v) is 12.0. The van der Waals surface area contributed by atoms with Crippen molar-refractivity contribution < 1.29 is 38.2 Å². The molecule has 0 radical (unpaired) electrons. The number of urea groups is 1. The van der Waals surface area contributed by atoms with Crippen molar-refractivity contribution in [2.75, 3.05) is 31.0 Å². The average Bonchev–Trinajstić information content (AvgIpc) is 2.95. The summed E-state index contributed by atoms with van der Waals surface area (Å²) >= 11 is 6.31. The van der Waals surface area contributed by atoms with Gasteiger partial charge in [-0.2, -0.15) is 0 Å². The first-order valence-electron chi connectivity index (χ1n) is 11.7. The van der Waals surface area contributed by atoms with Gasteiger partial charge in [0.05, 0.1) is 30.5 Å². The molecule has 1 aliphatic heterocycles. The van der Waals surface area contributed by atoms with Crippen LogP contribution in [0.2, 0.25) is 5.02 Å². The van der Waals surface area contributed by atoms with Gasteiger partial charge in [-0.1, -0.05) is 17.7 Å². The highest BCUT2D eigenvalue weighted by atomic mass is 35.5. The van der Waals surface area contributed by atoms with Crippen LogP contribution in [0, 0.1) is 0 Å². The summed E-state index contributed by atoms with van der Waals surface area (Å²) in [6.07, 6.45) is 1.27. The van der Waals surface area contributed by atoms with Crippen molar-refractivity contribution in [1.29, 1.82) is 0 Å². The second-order valence-electron chi connectivity index (χ2n) is 8.25. The number of methoxy groups -OCH3 is 2. The predicted octanol–water partition coefficient (Wildman–Crippen LogP) is 3.82. The van der Waals surface area contributed by atoms with Crippen molar-refractivity contribution >= 4 is 58.8 Å². The Labute approximate surface area is 233 Å². The number of benzene rings is 3. The third kappa shape index (κ3) is 6.27. The largest absolute Gasteiger partial charge is 0.497 e. The van der Waals surface area contributed by atoms with Crippen molar-refractivity contribution in [3.63, 3.8) is 0 Å². The van der Waals surface area contributed by atoms with Crippen LogP contribution in [0.15, 0.2) is 72.3 Å². The second kappa shape index (κ2) is 12.1. The summed E-state index contributed by atoms with van der Waals surface area (Å²) in [5, 5.41) is 4.93. The zero-order chi connectivity index (χ0) is 28.8. The first-order chi connectivity index (χ1) is 19.2. The van der Waals surface area contributed by atoms with Gasteiger partial charge in [0.1, 0.15) is 17.1 Å². The lowest BCUT2D eigenvalue weighted by Gasteiger charge is -2.26. The van der Waals surface area contributed by atoms with Gasteiger partial charge < -0.3 is 19.5 Å². The Morgan fingerprint density at radius 3 is 2.30 bits per heavy atom. The standard InChI is InChI=1S/C28H22ClN3O8/c1-38-20-10-6-18(7-11-20)30-24(33)15-40-23-12-3-16(14-22(23)29)13-21-25(34)31-28(37)32(26(21)35)19-8-4-17(5-9-19)27(36)39-2/h3-14H,15H2,1-2H3,(H,30,33)(H,31,34,37)/b21-13-. The number of carbonyl (C=O) groups excluding carboxylic acids is 5. The van der Waals surface area contributed by atoms with E-state index >= 15 is 0 Å². The number of imide groups is 2. The van der Waals surface area contributed by atoms with E-state index in [1.807, 2.05) is 0 Å². The molecule has 1 fully saturated rings. The van der Waals surface area contributed by atoms with E-state index in [0.29, 0.717) is 17.0 Å². The molecule has 12 heteroatoms. The van der Waals surface area contributed by atoms with Crippen LogP contribution >= 0.6 is 11.6 Å². The molecule has 204 valence electrons. The zero-order valence-corrected chi connectivity index (χ0v) is 22.0. The Hall–Kier alpha value is -5.16. The fourth-order valence-electron chi connectivity index (χ4n) is 3.66. The number of anilines is 2. The summed E-state index contributed by atoms with van der Waals surface area (Å²) in [6.45, 7) is -0.321. The maximum absolute atomic E-state index is 13.1. The highest BCUT2D eigenvalue weighted by molar-refractivity contribution is 6.39. The molecule has 4 rings (SSSR count). The molecule has 1 heterocycles. The Morgan fingerprint density at radius 2 is 1.68 bits per heavy atom. The highest BCUT2D eigenvalue weighted by Gasteiger charge is 2.36. The fourth-order valence-corrected chi connectivity index (χ4v) is 3.91. The van der Waals surface area contributed by atoms with Gasteiger partial charge in [-0.15, -0.1) is 0 Å². The number of hydrogen-bond acceptors (Lipinski definition) is 8. The molecule has 2 N–H and O–H groups in total. The molecular weight excluding hydrogens is 542 g/mol. The summed E-state index contributed by atoms with van der Waals surface area (Å²) in [5.74, 6) is -1.90. The monoisotopic (exact) mass is 563 g/mol. The topological polar surface area (TPSA) is 140 Å². The number of barbiturate groups is 1. The van der Waals surface area contributed by atoms with Crippen molar-refractivity contribution in [1.82, 2.24) is 5.32 Å². The molecule has 0 aliphatic carbocycles. The summed E-state index contributed by atoms with van der Waals surface area (Å²) in [5.41, 5.74) is 0.973. The molecule has 0 aromatic heterocycles. The molecule has 3 aromatic carbocycles. The molecule has 0 spiro atoms. The minimum atomic E-state index is -0.937. The van der Waals surface area contributed by atoms with Crippen molar-refractivity contribution in [2.45, 2.75) is 0 Å². The fraction of sp³-hybridized carbons (Fsp3) is 0.107. The molecular formula is C28H22ClN3O8. The molecule has 3 aromatic rings. The van der Waals surface area contributed by atoms with Crippen molar-refractivity contribution in [3.05, 3.63) is 88.5 Å². The molecule has 1 aliphatic rings. The molecule has 0 bridgehead atoms. The van der Waals surface area contributed by atoms with Crippen LogP contribution in [0.5, 0.6) is 11.5 Å². The van der Waals surface area contributed by atoms with Crippen molar-refractivity contribution in [2.24, 2.45) is 0 Å². The van der Waals surface area contributed by atoms with E-state index < -0.39 is 29.7 Å². The zero-order valence-electron chi connectivity index (χ0n) is 21.2. The van der Waals surface area contributed by atoms with Crippen LogP contribution in [0.3, 0.4) is 0 Å². The smallest absolute Gasteiger partial charge is 0.337 e. The number of rotatable bonds is 8. The van der Waals surface area contributed by atoms with E-state index in [9.17, 15) is 24.0 Å². The predicted molar refractivity (Wildman–Crippen MR) is 145 cm³/mol. The minimum absolute atomic E-state index is 0.126. The Kier molecular flexibility index (Phi) is 8.45. The third-order valence-electron chi connectivity index (χ3n) is 5.65. The SMILES string of the molecule is COC(=O)c1ccc(N2C(=O)NC(=O)/C(=C/c3ccc(OCC(=O)Nc4ccc(OC)cc4)c(Cl)c3)C2=O)cc1. The third-order valence-corrected chi connectivity index (χ3v) is 5.94. The van der Waals surface area contributed by atoms with Crippen LogP contribution < -0.4 is 25.0 Å². The summed E-state index contributed by atoms with van der Waals surface area (Å²) < 4.78 is 15.2. The second-order valence-corrected chi connectivity index (χ2v) is 8.66. The van der Waals surface area contributed by atoms with Gasteiger partial charge in [-0.3, -0.25) is 19.7 Å². The number of amides is 5. The normalized spacial score (nSPS) is 14.0. The maximum Gasteiger partial charge on any atom is 0.337 e. The molecule has 0 unspecified atom stereocenters. The average molecular weight is 564 g/mol. The van der Waals surface area contributed by atoms with E-state index in [0.717, 1.165) is 4.90 Å². The summed E-state index contributed by atoms with van der Waals surface area (Å²) in [6, 6.07) is 15.8. The lowest BCUT2D eigenvalue weighted by atomic mass is 10.1. The van der Waals surface area contributed by atoms with Gasteiger partial charge in [-0.05, 0) is 72.3 Å². The maximum atomic E-state index is 13.1. The Balaban J connectivity index is 1.45. The van der Waals surface area contributed by atoms with E-state index in [4.69, 9.17) is 21.1 Å². The quantitative estimate of drug-likeness (QED) is 0.239. The van der Waals surface area contributed by atoms with Crippen molar-refractivity contribution in [3.8, 4) is 11.5 Å². The van der Waals surface area contributed by atoms with Gasteiger partial charge in [0.15, 0.2) is 6.61 Å². The van der Waals surface area contributed by atoms with Gasteiger partial charge >= 0.3 is 12.0 Å². The van der Waals surface area contributed by atoms with E-state index in [1.54, 1.807) is 31.4 Å². The molecule has 0 saturated carbocycles. The first kappa shape index (κ1) is 27.9. The number of nitrogens with one attached hydrogen (secondary N) is 2. The molecule has 1 saturated heterocycles. The van der Waals surface area contributed by atoms with E-state index in [1.165, 1.54) is 55.7 Å². The molecule has 40 heavy (non-hydrogen) atoms. The number of ether oxygens (including phenoxy) is 3. The number of nitrogens with zero attached hydrogens (tertiary/aromatic N) is 1. The number of hydrogen-bond donors (Lipinski definition) is 2. The number of halogens is 1. The molecule has 5 amide bonds. The van der Waals surface area contributed by atoms with E-state index in [2.05, 4.69) is 15.4 Å². The van der Waals surface area contributed by atoms with E-state index in [-0.39, 0.29) is 34.2 Å². The number of carbonyl (C=O) groups is 5. The Bertz CT molecular complexity index is 1520. The van der Waals surface area contributed by atoms with Gasteiger partial charge in [-0.25, -0.2) is 14.5 Å². The molecule has 0 atom stereocenters. The van der Waals surface area contributed by atoms with Gasteiger partial charge in [0.25, 0.3) is 17.7 Å². The van der Waals surface area contributed by atoms with Crippen LogP contribution in [-0.4, -0.2) is 50.5 Å². The van der Waals surface area contributed by atoms with Gasteiger partial charge in [0.2, 0.25) is 0 Å². The van der Waals surface area contributed by atoms with Gasteiger partial charge in [0, 0.05) is 5.69 Å². The molecule has 11 nitrogen and oxygen atoms in total. The van der Waals surface area contributed by atoms with Crippen LogP contribution in [-0.2, 0) is 19.1 Å². The summed E-state index contributed by atoms with van der Waals surface area (Å²) in [4.78, 5) is 62.7. The van der Waals surface area contributed by atoms with Crippen LogP contribution in [0.4, 0.5) is 16.2 Å². The Morgan fingerprint density at radius 1 is 0.975 bits per heavy atom. The lowest BCUT2D eigenvalue weighted by Crippen LogP contribution is -2.54. The number of esters is 1. The summed E-state index contributed by atoms with van der Waals surface area (Å²) in [7, 11) is 2.77. The highest BCUT2D eigenvalue weighted by Crippen LogP contribution is 2.28. The van der Waals surface area contributed by atoms with Crippen LogP contribution in [0.1, 0.15) is 15.9 Å². The van der Waals surface area contributed by atoms with Crippen LogP contribution in [0.25, 0.3) is 6.08 Å².